The molecule has 0 bridgehead atoms. The minimum atomic E-state index is -0.121. The van der Waals surface area contributed by atoms with Gasteiger partial charge in [0.25, 0.3) is 0 Å². The van der Waals surface area contributed by atoms with Crippen molar-refractivity contribution in [3.63, 3.8) is 0 Å². The van der Waals surface area contributed by atoms with Crippen molar-refractivity contribution in [3.05, 3.63) is 29.6 Å². The van der Waals surface area contributed by atoms with Crippen molar-refractivity contribution in [2.45, 2.75) is 13.3 Å². The monoisotopic (exact) mass is 210 g/mol. The van der Waals surface area contributed by atoms with Gasteiger partial charge in [0.1, 0.15) is 5.82 Å². The van der Waals surface area contributed by atoms with E-state index in [4.69, 9.17) is 4.74 Å². The molecule has 0 aliphatic carbocycles. The van der Waals surface area contributed by atoms with Crippen LogP contribution >= 0.6 is 11.3 Å². The van der Waals surface area contributed by atoms with Crippen molar-refractivity contribution in [2.75, 3.05) is 7.11 Å². The molecule has 0 aliphatic rings. The van der Waals surface area contributed by atoms with Crippen LogP contribution in [0.3, 0.4) is 0 Å². The molecule has 2 aromatic rings. The first-order valence-corrected chi connectivity index (χ1v) is 5.32. The predicted molar refractivity (Wildman–Crippen MR) is 57.7 cm³/mol. The molecule has 1 nitrogen and oxygen atoms in total. The molecule has 0 saturated heterocycles. The first-order chi connectivity index (χ1) is 6.74. The maximum Gasteiger partial charge on any atom is 0.174 e. The van der Waals surface area contributed by atoms with Crippen molar-refractivity contribution in [1.29, 1.82) is 0 Å². The van der Waals surface area contributed by atoms with Gasteiger partial charge in [-0.2, -0.15) is 0 Å². The number of thiophene rings is 1. The molecule has 0 N–H and O–H groups in total. The van der Waals surface area contributed by atoms with Crippen LogP contribution in [0.5, 0.6) is 5.06 Å². The molecule has 0 spiro atoms. The fraction of sp³-hybridized carbons (Fsp3) is 0.273. The number of hydrogen-bond acceptors (Lipinski definition) is 2. The zero-order valence-electron chi connectivity index (χ0n) is 8.13. The molecular formula is C11H11FOS. The Morgan fingerprint density at radius 1 is 1.36 bits per heavy atom. The summed E-state index contributed by atoms with van der Waals surface area (Å²) in [6.45, 7) is 1.95. The van der Waals surface area contributed by atoms with Gasteiger partial charge in [-0.15, -0.1) is 0 Å². The Labute approximate surface area is 86.1 Å². The number of benzene rings is 1. The molecule has 14 heavy (non-hydrogen) atoms. The average molecular weight is 210 g/mol. The summed E-state index contributed by atoms with van der Waals surface area (Å²) in [5.74, 6) is -0.121. The van der Waals surface area contributed by atoms with Crippen LogP contribution < -0.4 is 4.74 Å². The zero-order chi connectivity index (χ0) is 10.1. The molecule has 0 aliphatic heterocycles. The maximum atomic E-state index is 13.4. The Morgan fingerprint density at radius 3 is 2.79 bits per heavy atom. The summed E-state index contributed by atoms with van der Waals surface area (Å²) >= 11 is 1.47. The number of hydrogen-bond donors (Lipinski definition) is 0. The van der Waals surface area contributed by atoms with E-state index < -0.39 is 0 Å². The highest BCUT2D eigenvalue weighted by atomic mass is 32.1. The lowest BCUT2D eigenvalue weighted by Crippen LogP contribution is -1.85. The SMILES string of the molecule is CCc1cc2cc(OC)sc2cc1F. The Balaban J connectivity index is 2.64. The number of aryl methyl sites for hydroxylation is 1. The molecule has 1 aromatic carbocycles. The Morgan fingerprint density at radius 2 is 2.14 bits per heavy atom. The third-order valence-corrected chi connectivity index (χ3v) is 3.30. The lowest BCUT2D eigenvalue weighted by molar-refractivity contribution is 0.427. The van der Waals surface area contributed by atoms with E-state index in [0.717, 1.165) is 27.1 Å². The molecule has 0 unspecified atom stereocenters. The lowest BCUT2D eigenvalue weighted by atomic mass is 10.1. The van der Waals surface area contributed by atoms with E-state index in [9.17, 15) is 4.39 Å². The van der Waals surface area contributed by atoms with E-state index in [1.165, 1.54) is 11.3 Å². The standard InChI is InChI=1S/C11H11FOS/c1-3-7-4-8-5-11(13-2)14-10(8)6-9(7)12/h4-6H,3H2,1-2H3. The van der Waals surface area contributed by atoms with Crippen LogP contribution in [0, 0.1) is 5.82 Å². The lowest BCUT2D eigenvalue weighted by Gasteiger charge is -1.98. The molecule has 2 rings (SSSR count). The highest BCUT2D eigenvalue weighted by molar-refractivity contribution is 7.20. The van der Waals surface area contributed by atoms with Gasteiger partial charge in [0, 0.05) is 4.70 Å². The van der Waals surface area contributed by atoms with E-state index in [-0.39, 0.29) is 5.82 Å². The third-order valence-electron chi connectivity index (χ3n) is 2.24. The number of halogens is 1. The average Bonchev–Trinajstić information content (AvgIpc) is 2.58. The van der Waals surface area contributed by atoms with Gasteiger partial charge in [-0.1, -0.05) is 18.3 Å². The molecule has 0 saturated carbocycles. The summed E-state index contributed by atoms with van der Waals surface area (Å²) in [6.07, 6.45) is 0.722. The molecule has 74 valence electrons. The maximum absolute atomic E-state index is 13.4. The van der Waals surface area contributed by atoms with Crippen molar-refractivity contribution >= 4 is 21.4 Å². The van der Waals surface area contributed by atoms with E-state index in [1.54, 1.807) is 13.2 Å². The number of methoxy groups -OCH3 is 1. The summed E-state index contributed by atoms with van der Waals surface area (Å²) in [6, 6.07) is 5.42. The van der Waals surface area contributed by atoms with E-state index >= 15 is 0 Å². The Kier molecular flexibility index (Phi) is 2.42. The molecule has 1 aromatic heterocycles. The van der Waals surface area contributed by atoms with Gasteiger partial charge in [0.2, 0.25) is 0 Å². The van der Waals surface area contributed by atoms with Gasteiger partial charge >= 0.3 is 0 Å². The molecule has 0 atom stereocenters. The predicted octanol–water partition coefficient (Wildman–Crippen LogP) is 3.61. The van der Waals surface area contributed by atoms with Crippen molar-refractivity contribution < 1.29 is 9.13 Å². The van der Waals surface area contributed by atoms with E-state index in [0.29, 0.717) is 0 Å². The molecular weight excluding hydrogens is 199 g/mol. The first kappa shape index (κ1) is 9.46. The number of ether oxygens (including phenoxy) is 1. The van der Waals surface area contributed by atoms with Gasteiger partial charge < -0.3 is 4.74 Å². The van der Waals surface area contributed by atoms with Crippen LogP contribution in [0.25, 0.3) is 10.1 Å². The second-order valence-electron chi connectivity index (χ2n) is 3.10. The van der Waals surface area contributed by atoms with Crippen LogP contribution in [0.2, 0.25) is 0 Å². The van der Waals surface area contributed by atoms with Crippen molar-refractivity contribution in [3.8, 4) is 5.06 Å². The largest absolute Gasteiger partial charge is 0.487 e. The van der Waals surface area contributed by atoms with Crippen LogP contribution in [0.1, 0.15) is 12.5 Å². The summed E-state index contributed by atoms with van der Waals surface area (Å²) in [5.41, 5.74) is 0.762. The normalized spacial score (nSPS) is 10.8. The number of rotatable bonds is 2. The highest BCUT2D eigenvalue weighted by Crippen LogP contribution is 2.33. The summed E-state index contributed by atoms with van der Waals surface area (Å²) in [7, 11) is 1.63. The molecule has 0 amide bonds. The smallest absolute Gasteiger partial charge is 0.174 e. The second kappa shape index (κ2) is 3.58. The van der Waals surface area contributed by atoms with Crippen LogP contribution in [0.4, 0.5) is 4.39 Å². The van der Waals surface area contributed by atoms with Gasteiger partial charge in [-0.3, -0.25) is 0 Å². The van der Waals surface area contributed by atoms with E-state index in [2.05, 4.69) is 0 Å². The fourth-order valence-corrected chi connectivity index (χ4v) is 2.34. The van der Waals surface area contributed by atoms with Crippen LogP contribution in [-0.4, -0.2) is 7.11 Å². The molecule has 0 radical (unpaired) electrons. The number of fused-ring (bicyclic) bond motifs is 1. The van der Waals surface area contributed by atoms with Crippen LogP contribution in [0.15, 0.2) is 18.2 Å². The van der Waals surface area contributed by atoms with Crippen LogP contribution in [-0.2, 0) is 6.42 Å². The topological polar surface area (TPSA) is 9.23 Å². The summed E-state index contributed by atoms with van der Waals surface area (Å²) < 4.78 is 19.4. The second-order valence-corrected chi connectivity index (χ2v) is 4.15. The first-order valence-electron chi connectivity index (χ1n) is 4.50. The van der Waals surface area contributed by atoms with Crippen molar-refractivity contribution in [2.24, 2.45) is 0 Å². The van der Waals surface area contributed by atoms with Gasteiger partial charge in [0.15, 0.2) is 5.06 Å². The summed E-state index contributed by atoms with van der Waals surface area (Å²) in [4.78, 5) is 0. The van der Waals surface area contributed by atoms with Gasteiger partial charge in [-0.25, -0.2) is 4.39 Å². The molecule has 3 heteroatoms. The minimum absolute atomic E-state index is 0.121. The third kappa shape index (κ3) is 1.48. The Hall–Kier alpha value is -1.09. The quantitative estimate of drug-likeness (QED) is 0.735. The fourth-order valence-electron chi connectivity index (χ4n) is 1.46. The summed E-state index contributed by atoms with van der Waals surface area (Å²) in [5, 5.41) is 1.89. The van der Waals surface area contributed by atoms with Gasteiger partial charge in [-0.05, 0) is 35.6 Å². The highest BCUT2D eigenvalue weighted by Gasteiger charge is 2.06. The molecule has 0 fully saturated rings. The Bertz CT molecular complexity index is 462. The van der Waals surface area contributed by atoms with E-state index in [1.807, 2.05) is 19.1 Å². The minimum Gasteiger partial charge on any atom is -0.487 e. The van der Waals surface area contributed by atoms with Gasteiger partial charge in [0.05, 0.1) is 7.11 Å². The zero-order valence-corrected chi connectivity index (χ0v) is 8.95. The molecule has 1 heterocycles. The van der Waals surface area contributed by atoms with Crippen molar-refractivity contribution in [1.82, 2.24) is 0 Å².